The largest absolute Gasteiger partial charge is 0.388 e. The third-order valence-electron chi connectivity index (χ3n) is 6.06. The summed E-state index contributed by atoms with van der Waals surface area (Å²) in [7, 11) is 0. The van der Waals surface area contributed by atoms with Gasteiger partial charge < -0.3 is 15.3 Å². The van der Waals surface area contributed by atoms with E-state index in [1.165, 1.54) is 5.56 Å². The number of carbonyl (C=O) groups is 1. The highest BCUT2D eigenvalue weighted by Crippen LogP contribution is 2.32. The quantitative estimate of drug-likeness (QED) is 0.754. The summed E-state index contributed by atoms with van der Waals surface area (Å²) < 4.78 is 0. The van der Waals surface area contributed by atoms with Gasteiger partial charge in [0, 0.05) is 18.2 Å². The number of likely N-dealkylation sites (tertiary alicyclic amines) is 1. The summed E-state index contributed by atoms with van der Waals surface area (Å²) in [6.45, 7) is 3.05. The van der Waals surface area contributed by atoms with Crippen LogP contribution in [0, 0.1) is 5.92 Å². The van der Waals surface area contributed by atoms with Crippen LogP contribution in [0.25, 0.3) is 0 Å². The molecule has 0 spiro atoms. The zero-order chi connectivity index (χ0) is 19.3. The molecule has 148 valence electrons. The van der Waals surface area contributed by atoms with Crippen LogP contribution in [-0.4, -0.2) is 35.5 Å². The first-order valence-electron chi connectivity index (χ1n) is 10.6. The Bertz CT molecular complexity index is 780. The molecule has 2 aliphatic rings. The average molecular weight is 379 g/mol. The average Bonchev–Trinajstić information content (AvgIpc) is 3.59. The Kier molecular flexibility index (Phi) is 6.08. The topological polar surface area (TPSA) is 52.6 Å². The van der Waals surface area contributed by atoms with Gasteiger partial charge in [-0.25, -0.2) is 0 Å². The van der Waals surface area contributed by atoms with Crippen LogP contribution in [0.2, 0.25) is 0 Å². The number of carbonyl (C=O) groups excluding carboxylic acids is 1. The first-order chi connectivity index (χ1) is 13.7. The molecule has 0 bridgehead atoms. The highest BCUT2D eigenvalue weighted by atomic mass is 16.3. The number of anilines is 1. The van der Waals surface area contributed by atoms with E-state index in [9.17, 15) is 9.90 Å². The Morgan fingerprint density at radius 3 is 2.50 bits per heavy atom. The molecule has 4 heteroatoms. The molecule has 1 atom stereocenters. The number of rotatable bonds is 7. The van der Waals surface area contributed by atoms with E-state index >= 15 is 0 Å². The summed E-state index contributed by atoms with van der Waals surface area (Å²) in [6, 6.07) is 18.3. The summed E-state index contributed by atoms with van der Waals surface area (Å²) in [5.41, 5.74) is 3.27. The monoisotopic (exact) mass is 378 g/mol. The van der Waals surface area contributed by atoms with Crippen LogP contribution < -0.4 is 5.32 Å². The summed E-state index contributed by atoms with van der Waals surface area (Å²) in [6.07, 6.45) is 4.71. The molecule has 4 nitrogen and oxygen atoms in total. The van der Waals surface area contributed by atoms with Gasteiger partial charge in [-0.15, -0.1) is 0 Å². The molecule has 0 radical (unpaired) electrons. The molecule has 1 unspecified atom stereocenters. The molecule has 1 aliphatic heterocycles. The van der Waals surface area contributed by atoms with E-state index in [2.05, 4.69) is 28.4 Å². The third-order valence-corrected chi connectivity index (χ3v) is 6.06. The van der Waals surface area contributed by atoms with E-state index in [0.717, 1.165) is 63.0 Å². The number of aliphatic hydroxyl groups is 1. The van der Waals surface area contributed by atoms with Crippen LogP contribution in [0.15, 0.2) is 54.6 Å². The van der Waals surface area contributed by atoms with Crippen molar-refractivity contribution < 1.29 is 9.90 Å². The number of nitrogens with one attached hydrogen (secondary N) is 1. The van der Waals surface area contributed by atoms with Gasteiger partial charge in [0.25, 0.3) is 0 Å². The van der Waals surface area contributed by atoms with Gasteiger partial charge in [0.05, 0.1) is 6.10 Å². The van der Waals surface area contributed by atoms with Crippen molar-refractivity contribution in [2.45, 2.75) is 44.1 Å². The second-order valence-corrected chi connectivity index (χ2v) is 8.22. The molecule has 2 aromatic carbocycles. The van der Waals surface area contributed by atoms with Gasteiger partial charge in [0.15, 0.2) is 0 Å². The molecule has 1 amide bonds. The standard InChI is InChI=1S/C24H30N2O2/c27-23(19-5-2-1-3-6-19)13-16-26-14-11-18(12-15-26)21-7-4-8-22(17-21)25-24(28)20-9-10-20/h1-8,17-18,20,23,27H,9-16H2,(H,25,28). The number of aliphatic hydroxyl groups excluding tert-OH is 1. The van der Waals surface area contributed by atoms with Crippen molar-refractivity contribution >= 4 is 11.6 Å². The van der Waals surface area contributed by atoms with E-state index < -0.39 is 0 Å². The van der Waals surface area contributed by atoms with E-state index in [0.29, 0.717) is 5.92 Å². The maximum atomic E-state index is 12.0. The summed E-state index contributed by atoms with van der Waals surface area (Å²) in [5, 5.41) is 13.4. The Morgan fingerprint density at radius 1 is 1.04 bits per heavy atom. The van der Waals surface area contributed by atoms with E-state index in [4.69, 9.17) is 0 Å². The van der Waals surface area contributed by atoms with Crippen molar-refractivity contribution in [3.63, 3.8) is 0 Å². The van der Waals surface area contributed by atoms with Crippen molar-refractivity contribution in [1.29, 1.82) is 0 Å². The molecule has 1 heterocycles. The van der Waals surface area contributed by atoms with Crippen molar-refractivity contribution in [1.82, 2.24) is 4.90 Å². The minimum atomic E-state index is -0.384. The highest BCUT2D eigenvalue weighted by Gasteiger charge is 2.29. The first kappa shape index (κ1) is 19.2. The van der Waals surface area contributed by atoms with Crippen LogP contribution in [0.1, 0.15) is 55.3 Å². The van der Waals surface area contributed by atoms with Gasteiger partial charge in [-0.2, -0.15) is 0 Å². The molecule has 2 aromatic rings. The lowest BCUT2D eigenvalue weighted by Crippen LogP contribution is -2.34. The lowest BCUT2D eigenvalue weighted by molar-refractivity contribution is -0.117. The van der Waals surface area contributed by atoms with Gasteiger partial charge in [-0.1, -0.05) is 42.5 Å². The fourth-order valence-corrected chi connectivity index (χ4v) is 4.10. The normalized spacial score (nSPS) is 19.3. The zero-order valence-electron chi connectivity index (χ0n) is 16.4. The van der Waals surface area contributed by atoms with E-state index in [-0.39, 0.29) is 17.9 Å². The molecule has 1 saturated heterocycles. The Hall–Kier alpha value is -2.17. The molecule has 28 heavy (non-hydrogen) atoms. The second-order valence-electron chi connectivity index (χ2n) is 8.22. The van der Waals surface area contributed by atoms with Gasteiger partial charge in [0.2, 0.25) is 5.91 Å². The molecule has 0 aromatic heterocycles. The second kappa shape index (κ2) is 8.89. The number of hydrogen-bond donors (Lipinski definition) is 2. The minimum Gasteiger partial charge on any atom is -0.388 e. The lowest BCUT2D eigenvalue weighted by Gasteiger charge is -2.32. The van der Waals surface area contributed by atoms with Crippen LogP contribution in [0.3, 0.4) is 0 Å². The summed E-state index contributed by atoms with van der Waals surface area (Å²) in [5.74, 6) is 0.954. The van der Waals surface area contributed by atoms with Crippen molar-refractivity contribution in [3.05, 3.63) is 65.7 Å². The molecule has 1 saturated carbocycles. The van der Waals surface area contributed by atoms with Crippen molar-refractivity contribution in [2.75, 3.05) is 25.0 Å². The fraction of sp³-hybridized carbons (Fsp3) is 0.458. The maximum Gasteiger partial charge on any atom is 0.227 e. The Balaban J connectivity index is 1.25. The molecule has 2 N–H and O–H groups in total. The van der Waals surface area contributed by atoms with Crippen LogP contribution >= 0.6 is 0 Å². The molecule has 1 aliphatic carbocycles. The van der Waals surface area contributed by atoms with Gasteiger partial charge in [-0.05, 0) is 74.4 Å². The zero-order valence-corrected chi connectivity index (χ0v) is 16.4. The van der Waals surface area contributed by atoms with E-state index in [1.54, 1.807) is 0 Å². The van der Waals surface area contributed by atoms with Crippen LogP contribution in [0.4, 0.5) is 5.69 Å². The lowest BCUT2D eigenvalue weighted by atomic mass is 9.89. The van der Waals surface area contributed by atoms with Gasteiger partial charge >= 0.3 is 0 Å². The maximum absolute atomic E-state index is 12.0. The van der Waals surface area contributed by atoms with E-state index in [1.807, 2.05) is 36.4 Å². The Morgan fingerprint density at radius 2 is 1.79 bits per heavy atom. The van der Waals surface area contributed by atoms with Crippen LogP contribution in [0.5, 0.6) is 0 Å². The van der Waals surface area contributed by atoms with Crippen molar-refractivity contribution in [2.24, 2.45) is 5.92 Å². The summed E-state index contributed by atoms with van der Waals surface area (Å²) >= 11 is 0. The third kappa shape index (κ3) is 5.00. The van der Waals surface area contributed by atoms with Crippen molar-refractivity contribution in [3.8, 4) is 0 Å². The van der Waals surface area contributed by atoms with Crippen LogP contribution in [-0.2, 0) is 4.79 Å². The first-order valence-corrected chi connectivity index (χ1v) is 10.6. The number of piperidine rings is 1. The number of benzene rings is 2. The molecule has 2 fully saturated rings. The minimum absolute atomic E-state index is 0.170. The number of amides is 1. The number of nitrogens with zero attached hydrogens (tertiary/aromatic N) is 1. The molecular formula is C24H30N2O2. The summed E-state index contributed by atoms with van der Waals surface area (Å²) in [4.78, 5) is 14.5. The Labute approximate surface area is 167 Å². The predicted octanol–water partition coefficient (Wildman–Crippen LogP) is 4.34. The predicted molar refractivity (Wildman–Crippen MR) is 112 cm³/mol. The number of hydrogen-bond acceptors (Lipinski definition) is 3. The highest BCUT2D eigenvalue weighted by molar-refractivity contribution is 5.94. The van der Waals surface area contributed by atoms with Gasteiger partial charge in [0.1, 0.15) is 0 Å². The van der Waals surface area contributed by atoms with Gasteiger partial charge in [-0.3, -0.25) is 4.79 Å². The molecular weight excluding hydrogens is 348 g/mol. The molecule has 4 rings (SSSR count). The SMILES string of the molecule is O=C(Nc1cccc(C2CCN(CCC(O)c3ccccc3)CC2)c1)C1CC1. The smallest absolute Gasteiger partial charge is 0.227 e. The fourth-order valence-electron chi connectivity index (χ4n) is 4.10.